The van der Waals surface area contributed by atoms with E-state index >= 15 is 0 Å². The molecule has 0 saturated heterocycles. The highest BCUT2D eigenvalue weighted by Gasteiger charge is 1.98. The molecule has 3 nitrogen and oxygen atoms in total. The number of hydrogen-bond acceptors (Lipinski definition) is 3. The molecule has 0 bridgehead atoms. The second kappa shape index (κ2) is 4.84. The van der Waals surface area contributed by atoms with E-state index in [1.807, 2.05) is 31.5 Å². The van der Waals surface area contributed by atoms with Crippen molar-refractivity contribution < 1.29 is 9.94 Å². The predicted octanol–water partition coefficient (Wildman–Crippen LogP) is 1.66. The van der Waals surface area contributed by atoms with Crippen LogP contribution in [0.5, 0.6) is 5.75 Å². The van der Waals surface area contributed by atoms with Crippen molar-refractivity contribution in [2.24, 2.45) is 0 Å². The van der Waals surface area contributed by atoms with Gasteiger partial charge in [-0.15, -0.1) is 0 Å². The number of hydrogen-bond donors (Lipinski definition) is 2. The highest BCUT2D eigenvalue weighted by atomic mass is 16.5. The zero-order valence-electron chi connectivity index (χ0n) is 8.00. The van der Waals surface area contributed by atoms with Crippen molar-refractivity contribution >= 4 is 0 Å². The van der Waals surface area contributed by atoms with E-state index in [1.165, 1.54) is 5.56 Å². The summed E-state index contributed by atoms with van der Waals surface area (Å²) in [6.07, 6.45) is 0. The molecule has 0 fully saturated rings. The zero-order chi connectivity index (χ0) is 9.68. The summed E-state index contributed by atoms with van der Waals surface area (Å²) in [6.45, 7) is 4.97. The summed E-state index contributed by atoms with van der Waals surface area (Å²) < 4.78 is 5.41. The first-order valence-corrected chi connectivity index (χ1v) is 4.31. The molecule has 0 heterocycles. The Morgan fingerprint density at radius 2 is 2.15 bits per heavy atom. The van der Waals surface area contributed by atoms with E-state index in [4.69, 9.17) is 9.94 Å². The van der Waals surface area contributed by atoms with Crippen molar-refractivity contribution in [3.8, 4) is 5.75 Å². The largest absolute Gasteiger partial charge is 0.492 e. The van der Waals surface area contributed by atoms with Gasteiger partial charge in [0.25, 0.3) is 0 Å². The van der Waals surface area contributed by atoms with Crippen LogP contribution >= 0.6 is 0 Å². The van der Waals surface area contributed by atoms with Gasteiger partial charge in [0.05, 0.1) is 6.54 Å². The lowest BCUT2D eigenvalue weighted by molar-refractivity contribution is 0.145. The fourth-order valence-corrected chi connectivity index (χ4v) is 1.17. The van der Waals surface area contributed by atoms with E-state index in [0.717, 1.165) is 11.3 Å². The molecule has 0 radical (unpaired) electrons. The summed E-state index contributed by atoms with van der Waals surface area (Å²) in [5, 5.41) is 8.33. The standard InChI is InChI=1S/C10H15NO2/c1-8-3-4-10(9(2)7-8)13-6-5-11-12/h3-4,7,11-12H,5-6H2,1-2H3. The minimum absolute atomic E-state index is 0.438. The highest BCUT2D eigenvalue weighted by Crippen LogP contribution is 2.18. The summed E-state index contributed by atoms with van der Waals surface area (Å²) in [6, 6.07) is 6.03. The molecule has 1 rings (SSSR count). The summed E-state index contributed by atoms with van der Waals surface area (Å²) in [4.78, 5) is 0. The topological polar surface area (TPSA) is 41.5 Å². The van der Waals surface area contributed by atoms with Crippen molar-refractivity contribution in [3.63, 3.8) is 0 Å². The molecule has 13 heavy (non-hydrogen) atoms. The van der Waals surface area contributed by atoms with Gasteiger partial charge in [-0.3, -0.25) is 0 Å². The van der Waals surface area contributed by atoms with E-state index in [9.17, 15) is 0 Å². The third-order valence-electron chi connectivity index (χ3n) is 1.80. The molecular weight excluding hydrogens is 166 g/mol. The van der Waals surface area contributed by atoms with E-state index in [-0.39, 0.29) is 0 Å². The van der Waals surface area contributed by atoms with Gasteiger partial charge in [-0.1, -0.05) is 17.7 Å². The smallest absolute Gasteiger partial charge is 0.122 e. The Kier molecular flexibility index (Phi) is 3.73. The Balaban J connectivity index is 2.56. The molecule has 0 aliphatic rings. The minimum atomic E-state index is 0.438. The van der Waals surface area contributed by atoms with Crippen LogP contribution in [0.1, 0.15) is 11.1 Å². The fraction of sp³-hybridized carbons (Fsp3) is 0.400. The monoisotopic (exact) mass is 181 g/mol. The number of nitrogens with one attached hydrogen (secondary N) is 1. The van der Waals surface area contributed by atoms with Gasteiger partial charge in [-0.25, -0.2) is 5.48 Å². The van der Waals surface area contributed by atoms with Gasteiger partial charge in [0.15, 0.2) is 0 Å². The summed E-state index contributed by atoms with van der Waals surface area (Å²) >= 11 is 0. The molecule has 2 N–H and O–H groups in total. The second-order valence-corrected chi connectivity index (χ2v) is 3.03. The Hall–Kier alpha value is -1.06. The lowest BCUT2D eigenvalue weighted by Gasteiger charge is -2.08. The zero-order valence-corrected chi connectivity index (χ0v) is 8.00. The van der Waals surface area contributed by atoms with Gasteiger partial charge < -0.3 is 9.94 Å². The molecule has 0 spiro atoms. The van der Waals surface area contributed by atoms with Gasteiger partial charge in [0.2, 0.25) is 0 Å². The molecule has 0 aliphatic carbocycles. The van der Waals surface area contributed by atoms with Crippen LogP contribution in [0.3, 0.4) is 0 Å². The van der Waals surface area contributed by atoms with Crippen molar-refractivity contribution in [3.05, 3.63) is 29.3 Å². The number of aryl methyl sites for hydroxylation is 2. The number of ether oxygens (including phenoxy) is 1. The van der Waals surface area contributed by atoms with E-state index in [2.05, 4.69) is 6.07 Å². The predicted molar refractivity (Wildman–Crippen MR) is 51.2 cm³/mol. The van der Waals surface area contributed by atoms with Crippen molar-refractivity contribution in [1.82, 2.24) is 5.48 Å². The van der Waals surface area contributed by atoms with Gasteiger partial charge in [-0.2, -0.15) is 0 Å². The first-order valence-electron chi connectivity index (χ1n) is 4.31. The Labute approximate surface area is 78.3 Å². The number of hydroxylamine groups is 1. The van der Waals surface area contributed by atoms with E-state index in [1.54, 1.807) is 0 Å². The Bertz CT molecular complexity index is 274. The van der Waals surface area contributed by atoms with Crippen LogP contribution in [-0.2, 0) is 0 Å². The SMILES string of the molecule is Cc1ccc(OCCNO)c(C)c1. The molecular formula is C10H15NO2. The third kappa shape index (κ3) is 3.05. The molecule has 72 valence electrons. The third-order valence-corrected chi connectivity index (χ3v) is 1.80. The number of benzene rings is 1. The fourth-order valence-electron chi connectivity index (χ4n) is 1.17. The quantitative estimate of drug-likeness (QED) is 0.548. The van der Waals surface area contributed by atoms with Crippen LogP contribution in [0.2, 0.25) is 0 Å². The van der Waals surface area contributed by atoms with Gasteiger partial charge in [-0.05, 0) is 25.5 Å². The molecule has 0 unspecified atom stereocenters. The van der Waals surface area contributed by atoms with Gasteiger partial charge >= 0.3 is 0 Å². The Morgan fingerprint density at radius 1 is 1.38 bits per heavy atom. The van der Waals surface area contributed by atoms with Crippen LogP contribution in [-0.4, -0.2) is 18.4 Å². The van der Waals surface area contributed by atoms with Crippen molar-refractivity contribution in [1.29, 1.82) is 0 Å². The van der Waals surface area contributed by atoms with Crippen LogP contribution in [0.15, 0.2) is 18.2 Å². The summed E-state index contributed by atoms with van der Waals surface area (Å²) in [5.41, 5.74) is 4.39. The summed E-state index contributed by atoms with van der Waals surface area (Å²) in [7, 11) is 0. The molecule has 0 saturated carbocycles. The van der Waals surface area contributed by atoms with Crippen LogP contribution in [0.4, 0.5) is 0 Å². The normalized spacial score (nSPS) is 10.1. The van der Waals surface area contributed by atoms with E-state index < -0.39 is 0 Å². The first kappa shape index (κ1) is 10.0. The number of rotatable bonds is 4. The van der Waals surface area contributed by atoms with Crippen LogP contribution < -0.4 is 10.2 Å². The molecule has 0 aromatic heterocycles. The van der Waals surface area contributed by atoms with Crippen molar-refractivity contribution in [2.75, 3.05) is 13.2 Å². The first-order chi connectivity index (χ1) is 6.24. The molecule has 0 aliphatic heterocycles. The Morgan fingerprint density at radius 3 is 2.77 bits per heavy atom. The molecule has 1 aromatic carbocycles. The van der Waals surface area contributed by atoms with Crippen LogP contribution in [0.25, 0.3) is 0 Å². The lowest BCUT2D eigenvalue weighted by Crippen LogP contribution is -2.16. The van der Waals surface area contributed by atoms with Gasteiger partial charge in [0.1, 0.15) is 12.4 Å². The summed E-state index contributed by atoms with van der Waals surface area (Å²) in [5.74, 6) is 0.876. The molecule has 0 amide bonds. The minimum Gasteiger partial charge on any atom is -0.492 e. The molecule has 1 aromatic rings. The van der Waals surface area contributed by atoms with Gasteiger partial charge in [0, 0.05) is 0 Å². The second-order valence-electron chi connectivity index (χ2n) is 3.03. The molecule has 3 heteroatoms. The average Bonchev–Trinajstić information content (AvgIpc) is 2.09. The molecule has 0 atom stereocenters. The maximum atomic E-state index is 8.33. The highest BCUT2D eigenvalue weighted by molar-refractivity contribution is 5.35. The van der Waals surface area contributed by atoms with Crippen molar-refractivity contribution in [2.45, 2.75) is 13.8 Å². The maximum absolute atomic E-state index is 8.33. The van der Waals surface area contributed by atoms with Crippen LogP contribution in [0, 0.1) is 13.8 Å². The van der Waals surface area contributed by atoms with E-state index in [0.29, 0.717) is 13.2 Å². The maximum Gasteiger partial charge on any atom is 0.122 e. The average molecular weight is 181 g/mol. The lowest BCUT2D eigenvalue weighted by atomic mass is 10.1.